The highest BCUT2D eigenvalue weighted by atomic mass is 79.9. The quantitative estimate of drug-likeness (QED) is 0.0516. The van der Waals surface area contributed by atoms with Crippen molar-refractivity contribution in [2.24, 2.45) is 0 Å². The lowest BCUT2D eigenvalue weighted by Crippen LogP contribution is -2.29. The fourth-order valence-electron chi connectivity index (χ4n) is 7.23. The maximum absolute atomic E-state index is 12.6. The van der Waals surface area contributed by atoms with Crippen LogP contribution in [0.25, 0.3) is 33.8 Å². The summed E-state index contributed by atoms with van der Waals surface area (Å²) in [6, 6.07) is 21.2. The predicted molar refractivity (Wildman–Crippen MR) is 266 cm³/mol. The van der Waals surface area contributed by atoms with Crippen molar-refractivity contribution in [2.75, 3.05) is 23.7 Å². The Morgan fingerprint density at radius 2 is 1.22 bits per heavy atom. The van der Waals surface area contributed by atoms with Gasteiger partial charge >= 0.3 is 0 Å². The van der Waals surface area contributed by atoms with Gasteiger partial charge in [-0.2, -0.15) is 10.2 Å². The summed E-state index contributed by atoms with van der Waals surface area (Å²) in [5.41, 5.74) is 8.22. The number of aromatic nitrogens is 6. The van der Waals surface area contributed by atoms with E-state index in [0.717, 1.165) is 69.9 Å². The van der Waals surface area contributed by atoms with E-state index in [1.165, 1.54) is 11.8 Å². The van der Waals surface area contributed by atoms with Gasteiger partial charge in [0.1, 0.15) is 9.63 Å². The minimum Gasteiger partial charge on any atom is -0.392 e. The number of aliphatic hydroxyl groups is 3. The van der Waals surface area contributed by atoms with Crippen molar-refractivity contribution in [1.29, 1.82) is 0 Å². The molecule has 67 heavy (non-hydrogen) atoms. The van der Waals surface area contributed by atoms with Crippen molar-refractivity contribution in [2.45, 2.75) is 107 Å². The smallest absolute Gasteiger partial charge is 0.251 e. The van der Waals surface area contributed by atoms with Crippen LogP contribution in [0.4, 0.5) is 11.4 Å². The van der Waals surface area contributed by atoms with Gasteiger partial charge in [-0.3, -0.25) is 9.59 Å². The first-order valence-corrected chi connectivity index (χ1v) is 24.1. The first kappa shape index (κ1) is 47.9. The topological polar surface area (TPSA) is 203 Å². The highest BCUT2D eigenvalue weighted by Crippen LogP contribution is 2.35. The molecule has 4 heterocycles. The summed E-state index contributed by atoms with van der Waals surface area (Å²) >= 11 is 11.0. The molecule has 2 aliphatic rings. The van der Waals surface area contributed by atoms with Gasteiger partial charge in [0.05, 0.1) is 53.0 Å². The molecule has 2 saturated carbocycles. The van der Waals surface area contributed by atoms with Crippen molar-refractivity contribution >= 4 is 73.8 Å². The van der Waals surface area contributed by atoms with Crippen LogP contribution in [-0.4, -0.2) is 92.7 Å². The Morgan fingerprint density at radius 3 is 1.69 bits per heavy atom. The Hall–Kier alpha value is -5.56. The Balaban J connectivity index is 0.000000188. The zero-order chi connectivity index (χ0) is 47.8. The standard InChI is InChI=1S/C28H30ClN5O3S.C21H24BrN5O2/c1-16-10-17(4-8-21(16)27(36)32-20-6-7-20)23-13-30-26-22(31-15-28(2,3)37)12-25(33-34(23)26)38-24-9-5-19(29)11-18(24)14-35;1-12-8-13(4-7-15(12)20(28)25-14-5-6-14)17-10-23-19-16(24-11-21(2,3)29)9-18(22)26-27(17)19/h4-5,8-13,20,31,35,37H,6-7,14-15H2,1-3H3,(H,32,36);4,7-10,14,24,29H,5-6,11H2,1-3H3,(H,25,28). The zero-order valence-corrected chi connectivity index (χ0v) is 41.3. The predicted octanol–water partition coefficient (Wildman–Crippen LogP) is 8.62. The Labute approximate surface area is 406 Å². The summed E-state index contributed by atoms with van der Waals surface area (Å²) in [6.07, 6.45) is 7.73. The molecule has 0 saturated heterocycles. The molecule has 0 atom stereocenters. The van der Waals surface area contributed by atoms with E-state index < -0.39 is 11.2 Å². The summed E-state index contributed by atoms with van der Waals surface area (Å²) in [5, 5.41) is 53.4. The molecule has 7 N–H and O–H groups in total. The maximum Gasteiger partial charge on any atom is 0.251 e. The summed E-state index contributed by atoms with van der Waals surface area (Å²) in [7, 11) is 0. The number of nitrogens with zero attached hydrogens (tertiary/aromatic N) is 6. The molecule has 4 aromatic heterocycles. The van der Waals surface area contributed by atoms with E-state index in [0.29, 0.717) is 73.5 Å². The second kappa shape index (κ2) is 19.6. The van der Waals surface area contributed by atoms with Crippen LogP contribution in [-0.2, 0) is 6.61 Å². The van der Waals surface area contributed by atoms with Crippen LogP contribution < -0.4 is 21.3 Å². The molecule has 0 bridgehead atoms. The average Bonchev–Trinajstić information content (AvgIpc) is 4.18. The molecular weight excluding hydrogens is 956 g/mol. The lowest BCUT2D eigenvalue weighted by molar-refractivity contribution is 0.0939. The van der Waals surface area contributed by atoms with Gasteiger partial charge < -0.3 is 36.6 Å². The fourth-order valence-corrected chi connectivity index (χ4v) is 8.73. The Kier molecular flexibility index (Phi) is 14.0. The largest absolute Gasteiger partial charge is 0.392 e. The molecule has 2 aliphatic carbocycles. The van der Waals surface area contributed by atoms with Crippen molar-refractivity contribution in [3.63, 3.8) is 0 Å². The number of halogens is 2. The van der Waals surface area contributed by atoms with E-state index in [-0.39, 0.29) is 18.4 Å². The van der Waals surface area contributed by atoms with Gasteiger partial charge in [0.2, 0.25) is 0 Å². The van der Waals surface area contributed by atoms with Gasteiger partial charge in [0.15, 0.2) is 11.3 Å². The van der Waals surface area contributed by atoms with Gasteiger partial charge in [-0.25, -0.2) is 19.0 Å². The monoisotopic (exact) mass is 1010 g/mol. The maximum atomic E-state index is 12.6. The number of fused-ring (bicyclic) bond motifs is 2. The normalized spacial score (nSPS) is 13.9. The van der Waals surface area contributed by atoms with E-state index in [9.17, 15) is 24.9 Å². The lowest BCUT2D eigenvalue weighted by Gasteiger charge is -2.19. The number of nitrogens with one attached hydrogen (secondary N) is 4. The van der Waals surface area contributed by atoms with Crippen molar-refractivity contribution in [1.82, 2.24) is 39.8 Å². The molecule has 3 aromatic carbocycles. The number of hydrogen-bond donors (Lipinski definition) is 7. The van der Waals surface area contributed by atoms with Crippen molar-refractivity contribution in [3.05, 3.63) is 117 Å². The fraction of sp³-hybridized carbons (Fsp3) is 0.347. The molecule has 15 nitrogen and oxygen atoms in total. The second-order valence-electron chi connectivity index (χ2n) is 18.4. The van der Waals surface area contributed by atoms with Crippen LogP contribution in [0.1, 0.15) is 90.8 Å². The molecule has 2 amide bonds. The molecular formula is C49H54BrClN10O5S. The molecule has 350 valence electrons. The number of hydrogen-bond acceptors (Lipinski definition) is 12. The van der Waals surface area contributed by atoms with Gasteiger partial charge in [-0.15, -0.1) is 0 Å². The highest BCUT2D eigenvalue weighted by Gasteiger charge is 2.26. The van der Waals surface area contributed by atoms with Crippen LogP contribution in [0.2, 0.25) is 5.02 Å². The highest BCUT2D eigenvalue weighted by molar-refractivity contribution is 9.10. The number of benzene rings is 3. The van der Waals surface area contributed by atoms with Gasteiger partial charge in [0, 0.05) is 57.3 Å². The van der Waals surface area contributed by atoms with Crippen LogP contribution >= 0.6 is 39.3 Å². The van der Waals surface area contributed by atoms with Crippen LogP contribution in [0.3, 0.4) is 0 Å². The minimum atomic E-state index is -0.933. The summed E-state index contributed by atoms with van der Waals surface area (Å²) in [6.45, 7) is 11.4. The van der Waals surface area contributed by atoms with E-state index >= 15 is 0 Å². The van der Waals surface area contributed by atoms with Gasteiger partial charge in [0.25, 0.3) is 11.8 Å². The van der Waals surface area contributed by atoms with Crippen LogP contribution in [0, 0.1) is 13.8 Å². The molecule has 0 spiro atoms. The third-order valence-corrected chi connectivity index (χ3v) is 12.7. The van der Waals surface area contributed by atoms with E-state index in [1.807, 2.05) is 68.4 Å². The van der Waals surface area contributed by atoms with Gasteiger partial charge in [-0.1, -0.05) is 35.5 Å². The number of aryl methyl sites for hydroxylation is 2. The number of amides is 2. The van der Waals surface area contributed by atoms with Crippen LogP contribution in [0.5, 0.6) is 0 Å². The average molecular weight is 1010 g/mol. The van der Waals surface area contributed by atoms with E-state index in [1.54, 1.807) is 61.3 Å². The van der Waals surface area contributed by atoms with Crippen LogP contribution in [0.15, 0.2) is 93.6 Å². The summed E-state index contributed by atoms with van der Waals surface area (Å²) < 4.78 is 4.18. The number of rotatable bonds is 15. The van der Waals surface area contributed by atoms with Crippen molar-refractivity contribution in [3.8, 4) is 22.5 Å². The number of carbonyl (C=O) groups excluding carboxylic acids is 2. The van der Waals surface area contributed by atoms with E-state index in [2.05, 4.69) is 52.3 Å². The molecule has 0 unspecified atom stereocenters. The number of anilines is 2. The zero-order valence-electron chi connectivity index (χ0n) is 38.1. The summed E-state index contributed by atoms with van der Waals surface area (Å²) in [4.78, 5) is 35.0. The number of imidazole rings is 2. The Morgan fingerprint density at radius 1 is 0.731 bits per heavy atom. The second-order valence-corrected chi connectivity index (χ2v) is 20.7. The number of aliphatic hydroxyl groups excluding tert-OH is 1. The van der Waals surface area contributed by atoms with Crippen molar-refractivity contribution < 1.29 is 24.9 Å². The third-order valence-electron chi connectivity index (χ3n) is 11.1. The SMILES string of the molecule is Cc1cc(-c2cnc3c(NCC(C)(C)O)cc(Br)nn23)ccc1C(=O)NC1CC1.Cc1cc(-c2cnc3c(NCC(C)(C)O)cc(Sc4ccc(Cl)cc4CO)nn23)ccc1C(=O)NC1CC1. The first-order chi connectivity index (χ1) is 31.8. The molecule has 0 aliphatic heterocycles. The minimum absolute atomic E-state index is 0.0198. The Bertz CT molecular complexity index is 2990. The molecule has 18 heteroatoms. The summed E-state index contributed by atoms with van der Waals surface area (Å²) in [5.74, 6) is -0.0686. The third kappa shape index (κ3) is 11.9. The lowest BCUT2D eigenvalue weighted by atomic mass is 10.0. The molecule has 0 radical (unpaired) electrons. The van der Waals surface area contributed by atoms with Gasteiger partial charge in [-0.05, 0) is 154 Å². The molecule has 7 aromatic rings. The first-order valence-electron chi connectivity index (χ1n) is 22.1. The number of carbonyl (C=O) groups is 2. The molecule has 2 fully saturated rings. The molecule has 9 rings (SSSR count). The van der Waals surface area contributed by atoms with E-state index in [4.69, 9.17) is 16.7 Å².